The molecule has 7 heteroatoms. The summed E-state index contributed by atoms with van der Waals surface area (Å²) in [5.74, 6) is -2.07. The highest BCUT2D eigenvalue weighted by atomic mass is 19.1. The molecule has 1 unspecified atom stereocenters. The molecule has 0 saturated carbocycles. The van der Waals surface area contributed by atoms with Gasteiger partial charge in [-0.15, -0.1) is 0 Å². The minimum Gasteiger partial charge on any atom is -0.391 e. The normalized spacial score (nSPS) is 19.7. The van der Waals surface area contributed by atoms with Crippen LogP contribution in [0.1, 0.15) is 6.42 Å². The summed E-state index contributed by atoms with van der Waals surface area (Å²) >= 11 is 0. The zero-order valence-electron chi connectivity index (χ0n) is 8.77. The Kier molecular flexibility index (Phi) is 2.93. The van der Waals surface area contributed by atoms with Crippen LogP contribution >= 0.6 is 0 Å². The number of hydrogen-bond donors (Lipinski definition) is 1. The van der Waals surface area contributed by atoms with Gasteiger partial charge in [-0.1, -0.05) is 0 Å². The first kappa shape index (κ1) is 11.7. The summed E-state index contributed by atoms with van der Waals surface area (Å²) in [6, 6.07) is 1.40. The fourth-order valence-corrected chi connectivity index (χ4v) is 1.93. The van der Waals surface area contributed by atoms with E-state index in [0.717, 1.165) is 6.07 Å². The molecular formula is C10H10F2N2O3. The molecule has 92 valence electrons. The number of benzene rings is 1. The Hall–Kier alpha value is -1.76. The molecule has 17 heavy (non-hydrogen) atoms. The molecule has 1 fully saturated rings. The Labute approximate surface area is 95.4 Å². The van der Waals surface area contributed by atoms with Gasteiger partial charge in [-0.25, -0.2) is 4.39 Å². The maximum atomic E-state index is 13.3. The minimum absolute atomic E-state index is 0.121. The largest absolute Gasteiger partial charge is 0.391 e. The fraction of sp³-hybridized carbons (Fsp3) is 0.400. The van der Waals surface area contributed by atoms with Crippen LogP contribution in [0.2, 0.25) is 0 Å². The van der Waals surface area contributed by atoms with E-state index in [-0.39, 0.29) is 12.2 Å². The third kappa shape index (κ3) is 2.19. The van der Waals surface area contributed by atoms with Crippen molar-refractivity contribution in [2.24, 2.45) is 0 Å². The number of aliphatic hydroxyl groups is 1. The zero-order chi connectivity index (χ0) is 12.6. The Balaban J connectivity index is 2.47. The molecule has 1 aromatic carbocycles. The summed E-state index contributed by atoms with van der Waals surface area (Å²) in [5.41, 5.74) is -0.871. The van der Waals surface area contributed by atoms with Crippen LogP contribution in [0.25, 0.3) is 0 Å². The molecule has 1 saturated heterocycles. The van der Waals surface area contributed by atoms with Gasteiger partial charge < -0.3 is 10.0 Å². The third-order valence-corrected chi connectivity index (χ3v) is 2.69. The van der Waals surface area contributed by atoms with Gasteiger partial charge in [-0.3, -0.25) is 10.1 Å². The third-order valence-electron chi connectivity index (χ3n) is 2.69. The van der Waals surface area contributed by atoms with E-state index in [1.807, 2.05) is 0 Å². The van der Waals surface area contributed by atoms with Crippen molar-refractivity contribution in [1.82, 2.24) is 0 Å². The van der Waals surface area contributed by atoms with E-state index in [1.165, 1.54) is 4.90 Å². The number of hydrogen-bond acceptors (Lipinski definition) is 4. The van der Waals surface area contributed by atoms with E-state index in [1.54, 1.807) is 0 Å². The highest BCUT2D eigenvalue weighted by Crippen LogP contribution is 2.33. The molecule has 1 aliphatic rings. The molecule has 0 radical (unpaired) electrons. The number of halogens is 2. The van der Waals surface area contributed by atoms with Crippen molar-refractivity contribution in [3.8, 4) is 0 Å². The number of β-amino-alcohol motifs (C(OH)–C–C–N with tert-alkyl or cyclic N) is 1. The number of anilines is 1. The first-order chi connectivity index (χ1) is 7.99. The molecule has 1 heterocycles. The Morgan fingerprint density at radius 3 is 2.71 bits per heavy atom. The smallest absolute Gasteiger partial charge is 0.328 e. The molecule has 1 atom stereocenters. The predicted molar refractivity (Wildman–Crippen MR) is 55.8 cm³/mol. The molecule has 0 aromatic heterocycles. The number of aliphatic hydroxyl groups excluding tert-OH is 1. The highest BCUT2D eigenvalue weighted by Gasteiger charge is 2.30. The van der Waals surface area contributed by atoms with Crippen LogP contribution in [0.15, 0.2) is 12.1 Å². The van der Waals surface area contributed by atoms with Crippen LogP contribution < -0.4 is 4.90 Å². The van der Waals surface area contributed by atoms with Crippen LogP contribution in [0.4, 0.5) is 20.2 Å². The van der Waals surface area contributed by atoms with Gasteiger partial charge in [0.05, 0.1) is 11.0 Å². The van der Waals surface area contributed by atoms with Crippen LogP contribution in [-0.2, 0) is 0 Å². The number of rotatable bonds is 2. The molecule has 0 aliphatic carbocycles. The van der Waals surface area contributed by atoms with Gasteiger partial charge in [-0.2, -0.15) is 4.39 Å². The molecule has 1 N–H and O–H groups in total. The van der Waals surface area contributed by atoms with Crippen molar-refractivity contribution in [2.75, 3.05) is 18.0 Å². The Bertz CT molecular complexity index is 467. The summed E-state index contributed by atoms with van der Waals surface area (Å²) in [6.07, 6.45) is -0.198. The van der Waals surface area contributed by atoms with Crippen LogP contribution in [0.5, 0.6) is 0 Å². The van der Waals surface area contributed by atoms with Crippen molar-refractivity contribution in [2.45, 2.75) is 12.5 Å². The van der Waals surface area contributed by atoms with Crippen molar-refractivity contribution in [3.63, 3.8) is 0 Å². The van der Waals surface area contributed by atoms with Crippen molar-refractivity contribution >= 4 is 11.4 Å². The quantitative estimate of drug-likeness (QED) is 0.631. The lowest BCUT2D eigenvalue weighted by Gasteiger charge is -2.17. The predicted octanol–water partition coefficient (Wildman–Crippen LogP) is 1.44. The minimum atomic E-state index is -1.20. The molecule has 1 aliphatic heterocycles. The second kappa shape index (κ2) is 4.25. The monoisotopic (exact) mass is 244 g/mol. The maximum absolute atomic E-state index is 13.3. The van der Waals surface area contributed by atoms with E-state index >= 15 is 0 Å². The molecular weight excluding hydrogens is 234 g/mol. The van der Waals surface area contributed by atoms with E-state index < -0.39 is 28.3 Å². The highest BCUT2D eigenvalue weighted by molar-refractivity contribution is 5.64. The SMILES string of the molecule is O=[N+]([O-])c1c(F)cc(F)cc1N1CCC(O)C1. The van der Waals surface area contributed by atoms with E-state index in [9.17, 15) is 24.0 Å². The summed E-state index contributed by atoms with van der Waals surface area (Å²) in [5, 5.41) is 20.1. The fourth-order valence-electron chi connectivity index (χ4n) is 1.93. The second-order valence-electron chi connectivity index (χ2n) is 3.90. The van der Waals surface area contributed by atoms with Crippen molar-refractivity contribution in [1.29, 1.82) is 0 Å². The average molecular weight is 244 g/mol. The van der Waals surface area contributed by atoms with E-state index in [4.69, 9.17) is 0 Å². The van der Waals surface area contributed by atoms with Gasteiger partial charge in [0.25, 0.3) is 0 Å². The van der Waals surface area contributed by atoms with Gasteiger partial charge in [0.2, 0.25) is 5.82 Å². The van der Waals surface area contributed by atoms with E-state index in [0.29, 0.717) is 19.0 Å². The van der Waals surface area contributed by atoms with Gasteiger partial charge in [0.1, 0.15) is 11.5 Å². The van der Waals surface area contributed by atoms with Gasteiger partial charge in [-0.05, 0) is 6.42 Å². The lowest BCUT2D eigenvalue weighted by molar-refractivity contribution is -0.386. The number of nitro benzene ring substituents is 1. The lowest BCUT2D eigenvalue weighted by atomic mass is 10.2. The summed E-state index contributed by atoms with van der Waals surface area (Å²) in [4.78, 5) is 11.3. The van der Waals surface area contributed by atoms with Crippen LogP contribution in [0, 0.1) is 21.7 Å². The van der Waals surface area contributed by atoms with Gasteiger partial charge >= 0.3 is 5.69 Å². The Morgan fingerprint density at radius 1 is 1.47 bits per heavy atom. The van der Waals surface area contributed by atoms with Gasteiger partial charge in [0.15, 0.2) is 0 Å². The molecule has 0 spiro atoms. The van der Waals surface area contributed by atoms with Crippen molar-refractivity contribution in [3.05, 3.63) is 33.9 Å². The first-order valence-electron chi connectivity index (χ1n) is 5.05. The lowest BCUT2D eigenvalue weighted by Crippen LogP contribution is -2.22. The summed E-state index contributed by atoms with van der Waals surface area (Å²) < 4.78 is 26.4. The maximum Gasteiger partial charge on any atom is 0.328 e. The van der Waals surface area contributed by atoms with Gasteiger partial charge in [0, 0.05) is 25.2 Å². The Morgan fingerprint density at radius 2 is 2.18 bits per heavy atom. The topological polar surface area (TPSA) is 66.6 Å². The molecule has 0 bridgehead atoms. The molecule has 0 amide bonds. The zero-order valence-corrected chi connectivity index (χ0v) is 8.77. The first-order valence-corrected chi connectivity index (χ1v) is 5.05. The van der Waals surface area contributed by atoms with E-state index in [2.05, 4.69) is 0 Å². The summed E-state index contributed by atoms with van der Waals surface area (Å²) in [6.45, 7) is 0.481. The molecule has 1 aromatic rings. The van der Waals surface area contributed by atoms with Crippen LogP contribution in [0.3, 0.4) is 0 Å². The molecule has 2 rings (SSSR count). The van der Waals surface area contributed by atoms with Crippen LogP contribution in [-0.4, -0.2) is 29.2 Å². The second-order valence-corrected chi connectivity index (χ2v) is 3.90. The summed E-state index contributed by atoms with van der Waals surface area (Å²) in [7, 11) is 0. The standard InChI is InChI=1S/C10H10F2N2O3/c11-6-3-8(12)10(14(16)17)9(4-6)13-2-1-7(15)5-13/h3-4,7,15H,1-2,5H2. The average Bonchev–Trinajstić information content (AvgIpc) is 2.62. The number of nitro groups is 1. The number of nitrogens with zero attached hydrogens (tertiary/aromatic N) is 2. The van der Waals surface area contributed by atoms with Crippen molar-refractivity contribution < 1.29 is 18.8 Å². The molecule has 5 nitrogen and oxygen atoms in total.